The molecule has 0 radical (unpaired) electrons. The first kappa shape index (κ1) is 20.1. The van der Waals surface area contributed by atoms with E-state index in [2.05, 4.69) is 10.3 Å². The van der Waals surface area contributed by atoms with Crippen LogP contribution in [0.25, 0.3) is 11.7 Å². The summed E-state index contributed by atoms with van der Waals surface area (Å²) in [6, 6.07) is 7.21. The normalized spacial score (nSPS) is 19.6. The van der Waals surface area contributed by atoms with Gasteiger partial charge in [0.15, 0.2) is 0 Å². The van der Waals surface area contributed by atoms with Crippen LogP contribution >= 0.6 is 0 Å². The molecular weight excluding hydrogens is 386 g/mol. The SMILES string of the molecule is N#C/C(=C\c1c(N2CCOCC2)nc2ccccn2c1=O)C(=O)NC[C@H]1CCCO1. The molecule has 30 heavy (non-hydrogen) atoms. The molecule has 1 N–H and O–H groups in total. The number of anilines is 1. The molecule has 9 heteroatoms. The molecular formula is C21H23N5O4. The minimum absolute atomic E-state index is 0.0363. The van der Waals surface area contributed by atoms with Crippen LogP contribution in [0.2, 0.25) is 0 Å². The van der Waals surface area contributed by atoms with Gasteiger partial charge in [-0.3, -0.25) is 14.0 Å². The molecule has 0 aliphatic carbocycles. The van der Waals surface area contributed by atoms with E-state index in [0.717, 1.165) is 12.8 Å². The average Bonchev–Trinajstić information content (AvgIpc) is 3.31. The Hall–Kier alpha value is -3.22. The van der Waals surface area contributed by atoms with E-state index in [4.69, 9.17) is 9.47 Å². The largest absolute Gasteiger partial charge is 0.378 e. The number of ether oxygens (including phenoxy) is 2. The van der Waals surface area contributed by atoms with Gasteiger partial charge in [-0.05, 0) is 31.1 Å². The lowest BCUT2D eigenvalue weighted by Crippen LogP contribution is -2.39. The molecule has 0 bridgehead atoms. The summed E-state index contributed by atoms with van der Waals surface area (Å²) < 4.78 is 12.3. The van der Waals surface area contributed by atoms with Crippen LogP contribution < -0.4 is 15.8 Å². The molecule has 0 spiro atoms. The van der Waals surface area contributed by atoms with Crippen LogP contribution in [0.4, 0.5) is 5.82 Å². The molecule has 2 aliphatic rings. The topological polar surface area (TPSA) is 109 Å². The smallest absolute Gasteiger partial charge is 0.267 e. The summed E-state index contributed by atoms with van der Waals surface area (Å²) in [5.41, 5.74) is 0.242. The maximum Gasteiger partial charge on any atom is 0.267 e. The molecule has 9 nitrogen and oxygen atoms in total. The first-order valence-electron chi connectivity index (χ1n) is 10.0. The van der Waals surface area contributed by atoms with Gasteiger partial charge in [0, 0.05) is 32.4 Å². The fraction of sp³-hybridized carbons (Fsp3) is 0.429. The summed E-state index contributed by atoms with van der Waals surface area (Å²) in [5, 5.41) is 12.3. The van der Waals surface area contributed by atoms with Crippen LogP contribution in [0.3, 0.4) is 0 Å². The number of carbonyl (C=O) groups excluding carboxylic acids is 1. The van der Waals surface area contributed by atoms with Crippen LogP contribution in [-0.2, 0) is 14.3 Å². The Morgan fingerprint density at radius 1 is 1.33 bits per heavy atom. The number of amides is 1. The number of aromatic nitrogens is 2. The minimum atomic E-state index is -0.529. The van der Waals surface area contributed by atoms with Crippen molar-refractivity contribution >= 4 is 23.4 Å². The van der Waals surface area contributed by atoms with E-state index < -0.39 is 5.91 Å². The molecule has 0 aromatic carbocycles. The van der Waals surface area contributed by atoms with Gasteiger partial charge in [0.1, 0.15) is 23.1 Å². The molecule has 2 aromatic rings. The lowest BCUT2D eigenvalue weighted by molar-refractivity contribution is -0.117. The second-order valence-electron chi connectivity index (χ2n) is 7.20. The average molecular weight is 409 g/mol. The first-order valence-corrected chi connectivity index (χ1v) is 10.0. The van der Waals surface area contributed by atoms with Crippen molar-refractivity contribution in [2.75, 3.05) is 44.4 Å². The van der Waals surface area contributed by atoms with Gasteiger partial charge in [0.25, 0.3) is 11.5 Å². The predicted octanol–water partition coefficient (Wildman–Crippen LogP) is 0.733. The van der Waals surface area contributed by atoms with E-state index in [0.29, 0.717) is 50.9 Å². The van der Waals surface area contributed by atoms with E-state index in [1.54, 1.807) is 24.4 Å². The second-order valence-corrected chi connectivity index (χ2v) is 7.20. The molecule has 2 aromatic heterocycles. The zero-order valence-corrected chi connectivity index (χ0v) is 16.5. The van der Waals surface area contributed by atoms with Gasteiger partial charge in [-0.2, -0.15) is 5.26 Å². The third-order valence-corrected chi connectivity index (χ3v) is 5.23. The summed E-state index contributed by atoms with van der Waals surface area (Å²) in [6.45, 7) is 3.21. The van der Waals surface area contributed by atoms with Crippen LogP contribution in [0.15, 0.2) is 34.8 Å². The number of hydrogen-bond donors (Lipinski definition) is 1. The number of pyridine rings is 1. The molecule has 2 aliphatic heterocycles. The number of nitriles is 1. The van der Waals surface area contributed by atoms with Crippen molar-refractivity contribution in [3.05, 3.63) is 45.9 Å². The van der Waals surface area contributed by atoms with Crippen LogP contribution in [0.5, 0.6) is 0 Å². The molecule has 4 heterocycles. The molecule has 2 saturated heterocycles. The highest BCUT2D eigenvalue weighted by molar-refractivity contribution is 6.02. The summed E-state index contributed by atoms with van der Waals surface area (Å²) in [6.07, 6.45) is 4.76. The Balaban J connectivity index is 1.71. The molecule has 0 saturated carbocycles. The molecule has 0 unspecified atom stereocenters. The Bertz CT molecular complexity index is 1060. The number of rotatable bonds is 5. The third kappa shape index (κ3) is 4.20. The fourth-order valence-corrected chi connectivity index (χ4v) is 3.63. The summed E-state index contributed by atoms with van der Waals surface area (Å²) in [5.74, 6) is -0.0762. The zero-order valence-electron chi connectivity index (χ0n) is 16.5. The zero-order chi connectivity index (χ0) is 20.9. The van der Waals surface area contributed by atoms with Crippen molar-refractivity contribution < 1.29 is 14.3 Å². The lowest BCUT2D eigenvalue weighted by atomic mass is 10.1. The number of morpholine rings is 1. The van der Waals surface area contributed by atoms with Crippen molar-refractivity contribution in [1.82, 2.24) is 14.7 Å². The van der Waals surface area contributed by atoms with Gasteiger partial charge in [0.05, 0.1) is 24.9 Å². The fourth-order valence-electron chi connectivity index (χ4n) is 3.63. The van der Waals surface area contributed by atoms with Gasteiger partial charge < -0.3 is 19.7 Å². The van der Waals surface area contributed by atoms with Gasteiger partial charge in [0.2, 0.25) is 0 Å². The summed E-state index contributed by atoms with van der Waals surface area (Å²) >= 11 is 0. The van der Waals surface area contributed by atoms with Gasteiger partial charge in [-0.15, -0.1) is 0 Å². The number of hydrogen-bond acceptors (Lipinski definition) is 7. The first-order chi connectivity index (χ1) is 14.7. The minimum Gasteiger partial charge on any atom is -0.378 e. The standard InChI is InChI=1S/C21H23N5O4/c22-13-15(20(27)23-14-16-4-3-9-30-16)12-17-19(25-7-10-29-11-8-25)24-18-5-1-2-6-26(18)21(17)28/h1-2,5-6,12,16H,3-4,7-11,14H2,(H,23,27)/b15-12+/t16-/m1/s1. The Labute approximate surface area is 173 Å². The van der Waals surface area contributed by atoms with E-state index in [9.17, 15) is 14.9 Å². The Morgan fingerprint density at radius 2 is 2.17 bits per heavy atom. The number of carbonyl (C=O) groups is 1. The quantitative estimate of drug-likeness (QED) is 0.573. The highest BCUT2D eigenvalue weighted by atomic mass is 16.5. The number of nitrogens with zero attached hydrogens (tertiary/aromatic N) is 4. The summed E-state index contributed by atoms with van der Waals surface area (Å²) in [4.78, 5) is 32.4. The lowest BCUT2D eigenvalue weighted by Gasteiger charge is -2.29. The molecule has 2 fully saturated rings. The second kappa shape index (κ2) is 9.07. The Kier molecular flexibility index (Phi) is 6.07. The van der Waals surface area contributed by atoms with Crippen molar-refractivity contribution in [3.8, 4) is 6.07 Å². The number of fused-ring (bicyclic) bond motifs is 1. The monoisotopic (exact) mass is 409 g/mol. The van der Waals surface area contributed by atoms with Crippen molar-refractivity contribution in [1.29, 1.82) is 5.26 Å². The summed E-state index contributed by atoms with van der Waals surface area (Å²) in [7, 11) is 0. The highest BCUT2D eigenvalue weighted by Crippen LogP contribution is 2.20. The maximum absolute atomic E-state index is 13.2. The van der Waals surface area contributed by atoms with Gasteiger partial charge in [-0.25, -0.2) is 4.98 Å². The van der Waals surface area contributed by atoms with E-state index in [1.165, 1.54) is 10.5 Å². The predicted molar refractivity (Wildman–Crippen MR) is 110 cm³/mol. The van der Waals surface area contributed by atoms with E-state index in [1.807, 2.05) is 11.0 Å². The molecule has 1 amide bonds. The van der Waals surface area contributed by atoms with Gasteiger partial charge in [-0.1, -0.05) is 6.07 Å². The van der Waals surface area contributed by atoms with Crippen molar-refractivity contribution in [3.63, 3.8) is 0 Å². The molecule has 156 valence electrons. The Morgan fingerprint density at radius 3 is 2.90 bits per heavy atom. The van der Waals surface area contributed by atoms with E-state index in [-0.39, 0.29) is 22.8 Å². The van der Waals surface area contributed by atoms with Crippen LogP contribution in [0, 0.1) is 11.3 Å². The van der Waals surface area contributed by atoms with Crippen LogP contribution in [0.1, 0.15) is 18.4 Å². The molecule has 4 rings (SSSR count). The van der Waals surface area contributed by atoms with Gasteiger partial charge >= 0.3 is 0 Å². The molecule has 1 atom stereocenters. The van der Waals surface area contributed by atoms with Crippen molar-refractivity contribution in [2.45, 2.75) is 18.9 Å². The van der Waals surface area contributed by atoms with E-state index >= 15 is 0 Å². The van der Waals surface area contributed by atoms with Crippen molar-refractivity contribution in [2.24, 2.45) is 0 Å². The third-order valence-electron chi connectivity index (χ3n) is 5.23. The van der Waals surface area contributed by atoms with Crippen LogP contribution in [-0.4, -0.2) is 60.9 Å². The maximum atomic E-state index is 13.2. The number of nitrogens with one attached hydrogen (secondary N) is 1. The highest BCUT2D eigenvalue weighted by Gasteiger charge is 2.22.